The zero-order valence-corrected chi connectivity index (χ0v) is 11.4. The molecular weight excluding hydrogens is 337 g/mol. The monoisotopic (exact) mass is 335 g/mol. The summed E-state index contributed by atoms with van der Waals surface area (Å²) >= 11 is 28.5. The van der Waals surface area contributed by atoms with E-state index in [1.807, 2.05) is 0 Å². The number of hydrogen-bond acceptors (Lipinski definition) is 1. The van der Waals surface area contributed by atoms with E-state index in [4.69, 9.17) is 58.0 Å². The van der Waals surface area contributed by atoms with Gasteiger partial charge in [-0.05, 0) is 0 Å². The fourth-order valence-corrected chi connectivity index (χ4v) is 2.38. The third kappa shape index (κ3) is 1.94. The molecule has 8 heteroatoms. The predicted molar refractivity (Wildman–Crippen MR) is 66.7 cm³/mol. The minimum absolute atomic E-state index is 0.126. The molecule has 90 valence electrons. The Morgan fingerprint density at radius 2 is 1.24 bits per heavy atom. The van der Waals surface area contributed by atoms with Crippen LogP contribution in [0.2, 0.25) is 25.1 Å². The topological polar surface area (TPSA) is 12.9 Å². The molecule has 2 rings (SSSR count). The van der Waals surface area contributed by atoms with Crippen molar-refractivity contribution in [3.63, 3.8) is 0 Å². The SMILES string of the molecule is Fc1nc2c(Cl)c(Cl)c(Cl)c(Cl)c2c(F)c1Cl. The highest BCUT2D eigenvalue weighted by atomic mass is 35.5. The minimum atomic E-state index is -1.20. The molecule has 17 heavy (non-hydrogen) atoms. The molecule has 0 radical (unpaired) electrons. The van der Waals surface area contributed by atoms with Gasteiger partial charge in [0, 0.05) is 0 Å². The Kier molecular flexibility index (Phi) is 3.59. The lowest BCUT2D eigenvalue weighted by atomic mass is 10.2. The third-order valence-electron chi connectivity index (χ3n) is 2.05. The molecule has 2 aromatic rings. The van der Waals surface area contributed by atoms with Crippen LogP contribution in [-0.2, 0) is 0 Å². The number of benzene rings is 1. The van der Waals surface area contributed by atoms with Crippen molar-refractivity contribution >= 4 is 68.9 Å². The van der Waals surface area contributed by atoms with Crippen molar-refractivity contribution in [3.8, 4) is 0 Å². The second kappa shape index (κ2) is 4.56. The van der Waals surface area contributed by atoms with Gasteiger partial charge in [0.05, 0.1) is 31.0 Å². The zero-order valence-electron chi connectivity index (χ0n) is 7.59. The maximum Gasteiger partial charge on any atom is 0.235 e. The quantitative estimate of drug-likeness (QED) is 0.337. The number of nitrogens with zero attached hydrogens (tertiary/aromatic N) is 1. The van der Waals surface area contributed by atoms with Crippen LogP contribution in [0, 0.1) is 11.8 Å². The van der Waals surface area contributed by atoms with Gasteiger partial charge < -0.3 is 0 Å². The highest BCUT2D eigenvalue weighted by molar-refractivity contribution is 6.55. The Hall–Kier alpha value is -0.0600. The summed E-state index contributed by atoms with van der Waals surface area (Å²) in [6, 6.07) is 0. The molecule has 1 nitrogen and oxygen atoms in total. The number of aromatic nitrogens is 1. The number of fused-ring (bicyclic) bond motifs is 1. The summed E-state index contributed by atoms with van der Waals surface area (Å²) in [5.41, 5.74) is -0.231. The van der Waals surface area contributed by atoms with Gasteiger partial charge in [-0.1, -0.05) is 58.0 Å². The molecule has 0 saturated carbocycles. The van der Waals surface area contributed by atoms with Crippen molar-refractivity contribution in [3.05, 3.63) is 36.9 Å². The summed E-state index contributed by atoms with van der Waals surface area (Å²) in [4.78, 5) is 3.40. The maximum atomic E-state index is 13.8. The van der Waals surface area contributed by atoms with Gasteiger partial charge in [0.25, 0.3) is 0 Å². The van der Waals surface area contributed by atoms with Gasteiger partial charge in [0.15, 0.2) is 5.82 Å². The summed E-state index contributed by atoms with van der Waals surface area (Å²) < 4.78 is 26.9. The van der Waals surface area contributed by atoms with Crippen LogP contribution in [0.1, 0.15) is 0 Å². The van der Waals surface area contributed by atoms with Crippen LogP contribution >= 0.6 is 58.0 Å². The van der Waals surface area contributed by atoms with E-state index >= 15 is 0 Å². The molecule has 0 aliphatic heterocycles. The summed E-state index contributed by atoms with van der Waals surface area (Å²) in [5, 5.41) is -1.73. The summed E-state index contributed by atoms with van der Waals surface area (Å²) in [5.74, 6) is -2.28. The first-order chi connectivity index (χ1) is 7.86. The second-order valence-corrected chi connectivity index (χ2v) is 4.90. The van der Waals surface area contributed by atoms with Crippen LogP contribution in [0.25, 0.3) is 10.9 Å². The first kappa shape index (κ1) is 13.4. The molecule has 0 saturated heterocycles. The second-order valence-electron chi connectivity index (χ2n) is 3.01. The predicted octanol–water partition coefficient (Wildman–Crippen LogP) is 5.78. The average molecular weight is 337 g/mol. The first-order valence-electron chi connectivity index (χ1n) is 4.02. The number of rotatable bonds is 0. The summed E-state index contributed by atoms with van der Waals surface area (Å²) in [7, 11) is 0. The molecule has 0 aliphatic carbocycles. The van der Waals surface area contributed by atoms with Gasteiger partial charge >= 0.3 is 0 Å². The van der Waals surface area contributed by atoms with Gasteiger partial charge in [-0.25, -0.2) is 9.37 Å². The number of halogens is 7. The Morgan fingerprint density at radius 3 is 1.82 bits per heavy atom. The van der Waals surface area contributed by atoms with Crippen LogP contribution < -0.4 is 0 Å². The lowest BCUT2D eigenvalue weighted by Crippen LogP contribution is -1.95. The van der Waals surface area contributed by atoms with Crippen molar-refractivity contribution in [1.82, 2.24) is 4.98 Å². The van der Waals surface area contributed by atoms with Crippen molar-refractivity contribution in [1.29, 1.82) is 0 Å². The molecule has 1 aromatic carbocycles. The lowest BCUT2D eigenvalue weighted by Gasteiger charge is -2.09. The highest BCUT2D eigenvalue weighted by Gasteiger charge is 2.22. The molecule has 0 bridgehead atoms. The minimum Gasteiger partial charge on any atom is -0.216 e. The maximum absolute atomic E-state index is 13.8. The number of pyridine rings is 1. The van der Waals surface area contributed by atoms with Gasteiger partial charge in [0.2, 0.25) is 5.95 Å². The van der Waals surface area contributed by atoms with E-state index in [0.29, 0.717) is 0 Å². The van der Waals surface area contributed by atoms with Crippen molar-refractivity contribution in [2.45, 2.75) is 0 Å². The van der Waals surface area contributed by atoms with Gasteiger partial charge in [-0.2, -0.15) is 4.39 Å². The molecule has 0 N–H and O–H groups in total. The van der Waals surface area contributed by atoms with Crippen LogP contribution in [0.15, 0.2) is 0 Å². The molecule has 0 amide bonds. The molecule has 0 unspecified atom stereocenters. The van der Waals surface area contributed by atoms with E-state index in [1.54, 1.807) is 0 Å². The van der Waals surface area contributed by atoms with E-state index in [0.717, 1.165) is 0 Å². The van der Waals surface area contributed by atoms with E-state index in [1.165, 1.54) is 0 Å². The van der Waals surface area contributed by atoms with Crippen LogP contribution in [0.5, 0.6) is 0 Å². The smallest absolute Gasteiger partial charge is 0.216 e. The van der Waals surface area contributed by atoms with Gasteiger partial charge in [-0.15, -0.1) is 0 Å². The third-order valence-corrected chi connectivity index (χ3v) is 4.16. The molecule has 1 aromatic heterocycles. The Bertz CT molecular complexity index is 635. The van der Waals surface area contributed by atoms with Crippen LogP contribution in [0.4, 0.5) is 8.78 Å². The summed E-state index contributed by atoms with van der Waals surface area (Å²) in [6.07, 6.45) is 0. The van der Waals surface area contributed by atoms with E-state index < -0.39 is 16.8 Å². The largest absolute Gasteiger partial charge is 0.235 e. The summed E-state index contributed by atoms with van der Waals surface area (Å²) in [6.45, 7) is 0. The van der Waals surface area contributed by atoms with E-state index in [2.05, 4.69) is 4.98 Å². The van der Waals surface area contributed by atoms with Gasteiger partial charge in [0.1, 0.15) is 5.02 Å². The Morgan fingerprint density at radius 1 is 0.706 bits per heavy atom. The molecule has 0 spiro atoms. The Labute approximate surface area is 119 Å². The van der Waals surface area contributed by atoms with E-state index in [-0.39, 0.29) is 31.0 Å². The van der Waals surface area contributed by atoms with Crippen molar-refractivity contribution in [2.24, 2.45) is 0 Å². The van der Waals surface area contributed by atoms with Crippen LogP contribution in [-0.4, -0.2) is 4.98 Å². The fraction of sp³-hybridized carbons (Fsp3) is 0. The molecule has 0 aliphatic rings. The average Bonchev–Trinajstić information content (AvgIpc) is 2.30. The lowest BCUT2D eigenvalue weighted by molar-refractivity contribution is 0.563. The first-order valence-corrected chi connectivity index (χ1v) is 5.91. The Balaban J connectivity index is 3.12. The normalized spacial score (nSPS) is 11.2. The van der Waals surface area contributed by atoms with Gasteiger partial charge in [-0.3, -0.25) is 0 Å². The van der Waals surface area contributed by atoms with E-state index in [9.17, 15) is 8.78 Å². The van der Waals surface area contributed by atoms with Crippen molar-refractivity contribution < 1.29 is 8.78 Å². The van der Waals surface area contributed by atoms with Crippen molar-refractivity contribution in [2.75, 3.05) is 0 Å². The molecule has 1 heterocycles. The standard InChI is InChI=1S/C9Cl5F2N/c10-2-1-7(15)6(14)9(16)17-8(1)5(13)4(12)3(2)11. The zero-order chi connectivity index (χ0) is 12.9. The van der Waals surface area contributed by atoms with Crippen LogP contribution in [0.3, 0.4) is 0 Å². The number of hydrogen-bond donors (Lipinski definition) is 0. The molecule has 0 atom stereocenters. The highest BCUT2D eigenvalue weighted by Crippen LogP contribution is 2.44. The molecule has 0 fully saturated rings. The fourth-order valence-electron chi connectivity index (χ4n) is 1.27. The molecular formula is C9Cl5F2N.